The van der Waals surface area contributed by atoms with Crippen molar-refractivity contribution in [3.05, 3.63) is 35.2 Å². The van der Waals surface area contributed by atoms with Crippen molar-refractivity contribution in [1.29, 1.82) is 0 Å². The third kappa shape index (κ3) is 4.33. The minimum absolute atomic E-state index is 0.264. The van der Waals surface area contributed by atoms with Gasteiger partial charge in [0.25, 0.3) is 0 Å². The number of oxazole rings is 1. The zero-order chi connectivity index (χ0) is 19.3. The van der Waals surface area contributed by atoms with Crippen LogP contribution in [0.3, 0.4) is 0 Å². The Labute approximate surface area is 165 Å². The predicted octanol–water partition coefficient (Wildman–Crippen LogP) is 2.02. The molecule has 3 aromatic rings. The molecule has 4 rings (SSSR count). The van der Waals surface area contributed by atoms with Crippen LogP contribution in [0.1, 0.15) is 10.8 Å². The maximum absolute atomic E-state index is 9.12. The van der Waals surface area contributed by atoms with Crippen molar-refractivity contribution < 1.29 is 24.1 Å². The molecule has 1 saturated heterocycles. The van der Waals surface area contributed by atoms with Crippen LogP contribution in [0.2, 0.25) is 0 Å². The number of aromatic nitrogens is 2. The molecule has 0 unspecified atom stereocenters. The molecule has 0 spiro atoms. The SMILES string of the molecule is OCC(CO)Oc1ccc2nc(C=Cc3cnc(N4CCOCC4)s3)oc2c1. The zero-order valence-corrected chi connectivity index (χ0v) is 16.0. The van der Waals surface area contributed by atoms with E-state index in [4.69, 9.17) is 24.1 Å². The van der Waals surface area contributed by atoms with Crippen molar-refractivity contribution in [1.82, 2.24) is 9.97 Å². The summed E-state index contributed by atoms with van der Waals surface area (Å²) in [4.78, 5) is 12.1. The molecule has 148 valence electrons. The number of thiazole rings is 1. The van der Waals surface area contributed by atoms with Crippen molar-refractivity contribution in [2.45, 2.75) is 6.10 Å². The van der Waals surface area contributed by atoms with Crippen molar-refractivity contribution in [2.75, 3.05) is 44.4 Å². The van der Waals surface area contributed by atoms with Crippen LogP contribution in [-0.4, -0.2) is 65.8 Å². The molecule has 1 aromatic carbocycles. The van der Waals surface area contributed by atoms with Gasteiger partial charge in [-0.25, -0.2) is 9.97 Å². The van der Waals surface area contributed by atoms with Gasteiger partial charge in [0.05, 0.1) is 26.4 Å². The van der Waals surface area contributed by atoms with Gasteiger partial charge in [-0.05, 0) is 18.2 Å². The van der Waals surface area contributed by atoms with Crippen LogP contribution in [0.15, 0.2) is 28.8 Å². The molecule has 9 heteroatoms. The van der Waals surface area contributed by atoms with Crippen molar-refractivity contribution in [2.24, 2.45) is 0 Å². The highest BCUT2D eigenvalue weighted by Gasteiger charge is 2.14. The Bertz CT molecular complexity index is 944. The number of rotatable bonds is 7. The molecular formula is C19H21N3O5S. The minimum atomic E-state index is -0.660. The molecule has 0 amide bonds. The Morgan fingerprint density at radius 3 is 2.82 bits per heavy atom. The fourth-order valence-electron chi connectivity index (χ4n) is 2.80. The van der Waals surface area contributed by atoms with E-state index >= 15 is 0 Å². The number of anilines is 1. The van der Waals surface area contributed by atoms with E-state index in [1.165, 1.54) is 0 Å². The number of aliphatic hydroxyl groups is 2. The van der Waals surface area contributed by atoms with Crippen LogP contribution in [0.4, 0.5) is 5.13 Å². The van der Waals surface area contributed by atoms with E-state index in [0.717, 1.165) is 36.3 Å². The van der Waals surface area contributed by atoms with Gasteiger partial charge in [0.1, 0.15) is 17.4 Å². The third-order valence-electron chi connectivity index (χ3n) is 4.27. The Morgan fingerprint density at radius 2 is 2.04 bits per heavy atom. The number of morpholine rings is 1. The van der Waals surface area contributed by atoms with Gasteiger partial charge in [-0.2, -0.15) is 0 Å². The maximum atomic E-state index is 9.12. The van der Waals surface area contributed by atoms with Gasteiger partial charge in [0, 0.05) is 36.3 Å². The summed E-state index contributed by atoms with van der Waals surface area (Å²) in [5, 5.41) is 19.2. The van der Waals surface area contributed by atoms with Crippen LogP contribution in [-0.2, 0) is 4.74 Å². The van der Waals surface area contributed by atoms with E-state index in [0.29, 0.717) is 22.7 Å². The smallest absolute Gasteiger partial charge is 0.220 e. The van der Waals surface area contributed by atoms with Crippen LogP contribution in [0.5, 0.6) is 5.75 Å². The van der Waals surface area contributed by atoms with Gasteiger partial charge in [-0.3, -0.25) is 0 Å². The molecule has 0 saturated carbocycles. The highest BCUT2D eigenvalue weighted by atomic mass is 32.1. The molecule has 1 fully saturated rings. The summed E-state index contributed by atoms with van der Waals surface area (Å²) in [6.07, 6.45) is 4.91. The summed E-state index contributed by atoms with van der Waals surface area (Å²) in [7, 11) is 0. The first-order valence-corrected chi connectivity index (χ1v) is 9.82. The molecule has 0 aliphatic carbocycles. The van der Waals surface area contributed by atoms with E-state index in [2.05, 4.69) is 14.9 Å². The molecule has 1 aliphatic heterocycles. The van der Waals surface area contributed by atoms with Gasteiger partial charge >= 0.3 is 0 Å². The molecule has 3 heterocycles. The highest BCUT2D eigenvalue weighted by Crippen LogP contribution is 2.26. The Morgan fingerprint density at radius 1 is 1.21 bits per heavy atom. The van der Waals surface area contributed by atoms with Gasteiger partial charge in [0.15, 0.2) is 10.7 Å². The summed E-state index contributed by atoms with van der Waals surface area (Å²) in [6.45, 7) is 2.66. The number of fused-ring (bicyclic) bond motifs is 1. The number of nitrogens with zero attached hydrogens (tertiary/aromatic N) is 3. The van der Waals surface area contributed by atoms with Crippen molar-refractivity contribution in [3.8, 4) is 5.75 Å². The van der Waals surface area contributed by atoms with Crippen molar-refractivity contribution in [3.63, 3.8) is 0 Å². The first-order valence-electron chi connectivity index (χ1n) is 9.01. The van der Waals surface area contributed by atoms with E-state index < -0.39 is 6.10 Å². The predicted molar refractivity (Wildman–Crippen MR) is 107 cm³/mol. The lowest BCUT2D eigenvalue weighted by atomic mass is 10.3. The van der Waals surface area contributed by atoms with Crippen LogP contribution >= 0.6 is 11.3 Å². The summed E-state index contributed by atoms with van der Waals surface area (Å²) in [6, 6.07) is 5.20. The molecule has 2 aromatic heterocycles. The quantitative estimate of drug-likeness (QED) is 0.618. The summed E-state index contributed by atoms with van der Waals surface area (Å²) < 4.78 is 16.6. The maximum Gasteiger partial charge on any atom is 0.220 e. The van der Waals surface area contributed by atoms with Gasteiger partial charge in [-0.1, -0.05) is 11.3 Å². The minimum Gasteiger partial charge on any atom is -0.485 e. The van der Waals surface area contributed by atoms with Gasteiger partial charge in [-0.15, -0.1) is 0 Å². The normalized spacial score (nSPS) is 15.2. The molecular weight excluding hydrogens is 382 g/mol. The van der Waals surface area contributed by atoms with E-state index in [9.17, 15) is 0 Å². The number of hydrogen-bond donors (Lipinski definition) is 2. The molecule has 8 nitrogen and oxygen atoms in total. The molecule has 0 bridgehead atoms. The number of benzene rings is 1. The summed E-state index contributed by atoms with van der Waals surface area (Å²) in [5.41, 5.74) is 1.28. The second-order valence-corrected chi connectivity index (χ2v) is 7.31. The average Bonchev–Trinajstić information content (AvgIpc) is 3.37. The van der Waals surface area contributed by atoms with Crippen LogP contribution < -0.4 is 9.64 Å². The van der Waals surface area contributed by atoms with E-state index in [-0.39, 0.29) is 13.2 Å². The largest absolute Gasteiger partial charge is 0.485 e. The van der Waals surface area contributed by atoms with Crippen LogP contribution in [0.25, 0.3) is 23.3 Å². The zero-order valence-electron chi connectivity index (χ0n) is 15.2. The lowest BCUT2D eigenvalue weighted by Crippen LogP contribution is -2.36. The summed E-state index contributed by atoms with van der Waals surface area (Å²) in [5.74, 6) is 0.985. The molecule has 1 aliphatic rings. The van der Waals surface area contributed by atoms with Crippen LogP contribution in [0, 0.1) is 0 Å². The van der Waals surface area contributed by atoms with E-state index in [1.54, 1.807) is 35.6 Å². The van der Waals surface area contributed by atoms with Crippen molar-refractivity contribution >= 4 is 39.7 Å². The topological polar surface area (TPSA) is 101 Å². The van der Waals surface area contributed by atoms with E-state index in [1.807, 2.05) is 12.3 Å². The Hall–Kier alpha value is -2.46. The summed E-state index contributed by atoms with van der Waals surface area (Å²) >= 11 is 1.62. The molecule has 0 radical (unpaired) electrons. The molecule has 0 atom stereocenters. The average molecular weight is 403 g/mol. The number of ether oxygens (including phenoxy) is 2. The third-order valence-corrected chi connectivity index (χ3v) is 5.29. The fourth-order valence-corrected chi connectivity index (χ4v) is 3.67. The fraction of sp³-hybridized carbons (Fsp3) is 0.368. The number of aliphatic hydroxyl groups excluding tert-OH is 2. The number of hydrogen-bond acceptors (Lipinski definition) is 9. The Balaban J connectivity index is 1.46. The highest BCUT2D eigenvalue weighted by molar-refractivity contribution is 7.16. The standard InChI is InChI=1S/C19H21N3O5S/c23-11-14(12-24)26-13-1-3-16-17(9-13)27-18(21-16)4-2-15-10-20-19(28-15)22-5-7-25-8-6-22/h1-4,9-10,14,23-24H,5-8,11-12H2. The van der Waals surface area contributed by atoms with Gasteiger partial charge in [0.2, 0.25) is 5.89 Å². The van der Waals surface area contributed by atoms with Gasteiger partial charge < -0.3 is 29.0 Å². The monoisotopic (exact) mass is 403 g/mol. The lowest BCUT2D eigenvalue weighted by Gasteiger charge is -2.25. The second kappa shape index (κ2) is 8.70. The second-order valence-electron chi connectivity index (χ2n) is 6.26. The molecule has 28 heavy (non-hydrogen) atoms. The lowest BCUT2D eigenvalue weighted by molar-refractivity contribution is 0.0630. The molecule has 2 N–H and O–H groups in total. The first kappa shape index (κ1) is 18.9. The first-order chi connectivity index (χ1) is 13.7. The Kier molecular flexibility index (Phi) is 5.87.